The standard InChI is InChI=1S/C13H19N3O2/c1-10(17)15-7-8-16-13(18)12(14)9-11-5-3-2-4-6-11/h2-6,12H,7-9,14H2,1H3,(H,15,17)(H,16,18). The van der Waals surface area contributed by atoms with Crippen molar-refractivity contribution >= 4 is 11.8 Å². The summed E-state index contributed by atoms with van der Waals surface area (Å²) >= 11 is 0. The van der Waals surface area contributed by atoms with E-state index in [2.05, 4.69) is 10.6 Å². The van der Waals surface area contributed by atoms with Crippen LogP contribution in [0.1, 0.15) is 12.5 Å². The lowest BCUT2D eigenvalue weighted by Gasteiger charge is -2.12. The van der Waals surface area contributed by atoms with Gasteiger partial charge in [0.25, 0.3) is 0 Å². The van der Waals surface area contributed by atoms with Crippen LogP contribution in [0, 0.1) is 0 Å². The summed E-state index contributed by atoms with van der Waals surface area (Å²) in [7, 11) is 0. The van der Waals surface area contributed by atoms with Crippen molar-refractivity contribution in [2.75, 3.05) is 13.1 Å². The maximum absolute atomic E-state index is 11.6. The number of carbonyl (C=O) groups excluding carboxylic acids is 2. The number of benzene rings is 1. The van der Waals surface area contributed by atoms with Crippen LogP contribution in [0.5, 0.6) is 0 Å². The van der Waals surface area contributed by atoms with Crippen molar-refractivity contribution in [3.05, 3.63) is 35.9 Å². The lowest BCUT2D eigenvalue weighted by molar-refractivity contribution is -0.123. The highest BCUT2D eigenvalue weighted by atomic mass is 16.2. The van der Waals surface area contributed by atoms with Crippen LogP contribution in [-0.2, 0) is 16.0 Å². The van der Waals surface area contributed by atoms with Crippen LogP contribution in [0.2, 0.25) is 0 Å². The van der Waals surface area contributed by atoms with Gasteiger partial charge < -0.3 is 16.4 Å². The van der Waals surface area contributed by atoms with Crippen LogP contribution in [0.4, 0.5) is 0 Å². The second-order valence-corrected chi connectivity index (χ2v) is 4.07. The van der Waals surface area contributed by atoms with Crippen molar-refractivity contribution < 1.29 is 9.59 Å². The minimum atomic E-state index is -0.565. The molecule has 0 spiro atoms. The third kappa shape index (κ3) is 5.45. The van der Waals surface area contributed by atoms with Gasteiger partial charge in [0.2, 0.25) is 11.8 Å². The topological polar surface area (TPSA) is 84.2 Å². The summed E-state index contributed by atoms with van der Waals surface area (Å²) in [6.45, 7) is 2.24. The largest absolute Gasteiger partial charge is 0.355 e. The molecule has 18 heavy (non-hydrogen) atoms. The van der Waals surface area contributed by atoms with E-state index in [9.17, 15) is 9.59 Å². The molecule has 98 valence electrons. The van der Waals surface area contributed by atoms with Crippen LogP contribution < -0.4 is 16.4 Å². The lowest BCUT2D eigenvalue weighted by atomic mass is 10.1. The Kier molecular flexibility index (Phi) is 5.87. The molecule has 5 heteroatoms. The fourth-order valence-corrected chi connectivity index (χ4v) is 1.52. The molecule has 1 unspecified atom stereocenters. The summed E-state index contributed by atoms with van der Waals surface area (Å²) in [5, 5.41) is 5.27. The summed E-state index contributed by atoms with van der Waals surface area (Å²) < 4.78 is 0. The Morgan fingerprint density at radius 3 is 2.39 bits per heavy atom. The van der Waals surface area contributed by atoms with E-state index in [1.807, 2.05) is 30.3 Å². The van der Waals surface area contributed by atoms with E-state index >= 15 is 0 Å². The second kappa shape index (κ2) is 7.45. The summed E-state index contributed by atoms with van der Waals surface area (Å²) in [6.07, 6.45) is 0.507. The monoisotopic (exact) mass is 249 g/mol. The molecule has 0 fully saturated rings. The average molecular weight is 249 g/mol. The van der Waals surface area contributed by atoms with Crippen molar-refractivity contribution in [3.63, 3.8) is 0 Å². The first kappa shape index (κ1) is 14.2. The number of amides is 2. The molecule has 0 heterocycles. The smallest absolute Gasteiger partial charge is 0.237 e. The Bertz CT molecular complexity index is 392. The molecule has 0 aliphatic heterocycles. The zero-order valence-electron chi connectivity index (χ0n) is 10.5. The number of nitrogens with one attached hydrogen (secondary N) is 2. The lowest BCUT2D eigenvalue weighted by Crippen LogP contribution is -2.44. The molecule has 0 saturated heterocycles. The van der Waals surface area contributed by atoms with Gasteiger partial charge in [-0.1, -0.05) is 30.3 Å². The van der Waals surface area contributed by atoms with E-state index < -0.39 is 6.04 Å². The van der Waals surface area contributed by atoms with Gasteiger partial charge in [0.15, 0.2) is 0 Å². The third-order valence-electron chi connectivity index (χ3n) is 2.43. The van der Waals surface area contributed by atoms with Gasteiger partial charge in [0.1, 0.15) is 0 Å². The number of hydrogen-bond donors (Lipinski definition) is 3. The molecule has 2 amide bonds. The molecule has 0 aromatic heterocycles. The third-order valence-corrected chi connectivity index (χ3v) is 2.43. The summed E-state index contributed by atoms with van der Waals surface area (Å²) in [5.74, 6) is -0.318. The Balaban J connectivity index is 2.27. The van der Waals surface area contributed by atoms with Gasteiger partial charge in [-0.3, -0.25) is 9.59 Å². The number of hydrogen-bond acceptors (Lipinski definition) is 3. The number of carbonyl (C=O) groups is 2. The molecule has 1 atom stereocenters. The highest BCUT2D eigenvalue weighted by Crippen LogP contribution is 2.01. The molecule has 0 saturated carbocycles. The van der Waals surface area contributed by atoms with Crippen LogP contribution >= 0.6 is 0 Å². The highest BCUT2D eigenvalue weighted by molar-refractivity contribution is 5.81. The number of rotatable bonds is 6. The molecular formula is C13H19N3O2. The van der Waals surface area contributed by atoms with Crippen LogP contribution in [0.25, 0.3) is 0 Å². The Labute approximate surface area is 107 Å². The minimum absolute atomic E-state index is 0.113. The predicted molar refractivity (Wildman–Crippen MR) is 69.8 cm³/mol. The molecule has 4 N–H and O–H groups in total. The van der Waals surface area contributed by atoms with Crippen molar-refractivity contribution in [2.24, 2.45) is 5.73 Å². The van der Waals surface area contributed by atoms with Gasteiger partial charge in [0.05, 0.1) is 6.04 Å². The maximum atomic E-state index is 11.6. The van der Waals surface area contributed by atoms with Crippen molar-refractivity contribution in [1.82, 2.24) is 10.6 Å². The molecule has 5 nitrogen and oxygen atoms in total. The molecule has 0 radical (unpaired) electrons. The van der Waals surface area contributed by atoms with Crippen LogP contribution in [-0.4, -0.2) is 30.9 Å². The Morgan fingerprint density at radius 1 is 1.17 bits per heavy atom. The quantitative estimate of drug-likeness (QED) is 0.611. The number of nitrogens with two attached hydrogens (primary N) is 1. The summed E-state index contributed by atoms with van der Waals surface area (Å²) in [6, 6.07) is 9.05. The zero-order valence-corrected chi connectivity index (χ0v) is 10.5. The molecule has 1 aromatic rings. The molecule has 0 bridgehead atoms. The van der Waals surface area contributed by atoms with E-state index in [0.717, 1.165) is 5.56 Å². The first-order valence-electron chi connectivity index (χ1n) is 5.91. The first-order valence-corrected chi connectivity index (χ1v) is 5.91. The Hall–Kier alpha value is -1.88. The zero-order chi connectivity index (χ0) is 13.4. The second-order valence-electron chi connectivity index (χ2n) is 4.07. The highest BCUT2D eigenvalue weighted by Gasteiger charge is 2.12. The molecule has 0 aliphatic carbocycles. The fraction of sp³-hybridized carbons (Fsp3) is 0.385. The van der Waals surface area contributed by atoms with Gasteiger partial charge >= 0.3 is 0 Å². The molecular weight excluding hydrogens is 230 g/mol. The van der Waals surface area contributed by atoms with Crippen LogP contribution in [0.3, 0.4) is 0 Å². The van der Waals surface area contributed by atoms with Gasteiger partial charge in [-0.2, -0.15) is 0 Å². The molecule has 1 aromatic carbocycles. The van der Waals surface area contributed by atoms with Crippen molar-refractivity contribution in [2.45, 2.75) is 19.4 Å². The van der Waals surface area contributed by atoms with Crippen molar-refractivity contribution in [1.29, 1.82) is 0 Å². The fourth-order valence-electron chi connectivity index (χ4n) is 1.52. The van der Waals surface area contributed by atoms with E-state index in [1.54, 1.807) is 0 Å². The van der Waals surface area contributed by atoms with E-state index in [1.165, 1.54) is 6.92 Å². The van der Waals surface area contributed by atoms with E-state index in [4.69, 9.17) is 5.73 Å². The Morgan fingerprint density at radius 2 is 1.78 bits per heavy atom. The van der Waals surface area contributed by atoms with Gasteiger partial charge in [-0.25, -0.2) is 0 Å². The summed E-state index contributed by atoms with van der Waals surface area (Å²) in [4.78, 5) is 22.3. The molecule has 0 aliphatic rings. The van der Waals surface area contributed by atoms with Crippen molar-refractivity contribution in [3.8, 4) is 0 Å². The normalized spacial score (nSPS) is 11.7. The molecule has 1 rings (SSSR count). The van der Waals surface area contributed by atoms with E-state index in [-0.39, 0.29) is 11.8 Å². The minimum Gasteiger partial charge on any atom is -0.355 e. The first-order chi connectivity index (χ1) is 8.59. The van der Waals surface area contributed by atoms with E-state index in [0.29, 0.717) is 19.5 Å². The SMILES string of the molecule is CC(=O)NCCNC(=O)C(N)Cc1ccccc1. The van der Waals surface area contributed by atoms with Gasteiger partial charge in [0, 0.05) is 20.0 Å². The predicted octanol–water partition coefficient (Wildman–Crippen LogP) is -0.191. The average Bonchev–Trinajstić information content (AvgIpc) is 2.35. The van der Waals surface area contributed by atoms with Gasteiger partial charge in [-0.15, -0.1) is 0 Å². The maximum Gasteiger partial charge on any atom is 0.237 e. The van der Waals surface area contributed by atoms with Gasteiger partial charge in [-0.05, 0) is 12.0 Å². The van der Waals surface area contributed by atoms with Crippen LogP contribution in [0.15, 0.2) is 30.3 Å². The summed E-state index contributed by atoms with van der Waals surface area (Å²) in [5.41, 5.74) is 6.82.